The van der Waals surface area contributed by atoms with Crippen LogP contribution in [0.25, 0.3) is 0 Å². The molecule has 0 aromatic heterocycles. The van der Waals surface area contributed by atoms with E-state index in [0.29, 0.717) is 0 Å². The zero-order chi connectivity index (χ0) is 14.1. The number of nitro benzene ring substituents is 1. The maximum atomic E-state index is 10.1. The van der Waals surface area contributed by atoms with Crippen LogP contribution in [0.5, 0.6) is 0 Å². The van der Waals surface area contributed by atoms with Gasteiger partial charge >= 0.3 is 0 Å². The van der Waals surface area contributed by atoms with Crippen molar-refractivity contribution in [1.29, 1.82) is 0 Å². The van der Waals surface area contributed by atoms with Crippen LogP contribution >= 0.6 is 0 Å². The van der Waals surface area contributed by atoms with Gasteiger partial charge in [-0.15, -0.1) is 0 Å². The molecule has 0 amide bonds. The van der Waals surface area contributed by atoms with Crippen molar-refractivity contribution >= 4 is 5.69 Å². The second-order valence-electron chi connectivity index (χ2n) is 4.27. The van der Waals surface area contributed by atoms with Crippen molar-refractivity contribution in [3.63, 3.8) is 0 Å². The molecule has 1 fully saturated rings. The van der Waals surface area contributed by atoms with Gasteiger partial charge in [0.1, 0.15) is 0 Å². The van der Waals surface area contributed by atoms with Crippen LogP contribution in [0.4, 0.5) is 5.69 Å². The van der Waals surface area contributed by atoms with Crippen molar-refractivity contribution in [2.24, 2.45) is 0 Å². The highest BCUT2D eigenvalue weighted by molar-refractivity contribution is 5.31. The van der Waals surface area contributed by atoms with Crippen molar-refractivity contribution in [2.45, 2.75) is 6.92 Å². The number of hydrogen-bond donors (Lipinski definition) is 1. The first-order valence-corrected chi connectivity index (χ1v) is 6.25. The monoisotopic (exact) mass is 268 g/mol. The number of nitrogens with zero attached hydrogens (tertiary/aromatic N) is 2. The van der Waals surface area contributed by atoms with Gasteiger partial charge in [0.05, 0.1) is 24.7 Å². The molecule has 1 saturated heterocycles. The molecule has 0 atom stereocenters. The lowest BCUT2D eigenvalue weighted by atomic mass is 10.2. The second kappa shape index (κ2) is 8.58. The third-order valence-electron chi connectivity index (χ3n) is 2.76. The number of ether oxygens (including phenoxy) is 1. The van der Waals surface area contributed by atoms with Gasteiger partial charge < -0.3 is 9.84 Å². The number of β-amino-alcohol motifs (C(OH)–C–C–N with tert-alkyl or cyclic N) is 1. The smallest absolute Gasteiger partial charge is 0.269 e. The molecule has 6 nitrogen and oxygen atoms in total. The van der Waals surface area contributed by atoms with Crippen molar-refractivity contribution in [3.8, 4) is 0 Å². The standard InChI is InChI=1S/C7H7NO2.C6H13NO2/c1-6-2-4-7(5-3-6)8(9)10;8-4-1-7-2-5-9-6-3-7/h2-5H,1H3;8H,1-6H2. The normalized spacial score (nSPS) is 15.5. The molecule has 1 N–H and O–H groups in total. The Kier molecular flexibility index (Phi) is 7.02. The van der Waals surface area contributed by atoms with E-state index in [2.05, 4.69) is 4.90 Å². The average Bonchev–Trinajstić information content (AvgIpc) is 2.41. The van der Waals surface area contributed by atoms with E-state index in [4.69, 9.17) is 9.84 Å². The van der Waals surface area contributed by atoms with Gasteiger partial charge in [0.2, 0.25) is 0 Å². The summed E-state index contributed by atoms with van der Waals surface area (Å²) in [6.07, 6.45) is 0. The SMILES string of the molecule is Cc1ccc([N+](=O)[O-])cc1.OCCN1CCOCC1. The first-order valence-electron chi connectivity index (χ1n) is 6.25. The third kappa shape index (κ3) is 6.28. The summed E-state index contributed by atoms with van der Waals surface area (Å²) in [5.41, 5.74) is 1.18. The number of aryl methyl sites for hydroxylation is 1. The third-order valence-corrected chi connectivity index (χ3v) is 2.76. The minimum absolute atomic E-state index is 0.144. The summed E-state index contributed by atoms with van der Waals surface area (Å²) >= 11 is 0. The molecule has 1 heterocycles. The van der Waals surface area contributed by atoms with Crippen molar-refractivity contribution in [2.75, 3.05) is 39.5 Å². The lowest BCUT2D eigenvalue weighted by Crippen LogP contribution is -2.37. The molecule has 0 saturated carbocycles. The lowest BCUT2D eigenvalue weighted by molar-refractivity contribution is -0.384. The largest absolute Gasteiger partial charge is 0.395 e. The Bertz CT molecular complexity index is 372. The first kappa shape index (κ1) is 15.6. The van der Waals surface area contributed by atoms with Crippen LogP contribution in [0.15, 0.2) is 24.3 Å². The van der Waals surface area contributed by atoms with Gasteiger partial charge in [0.15, 0.2) is 0 Å². The summed E-state index contributed by atoms with van der Waals surface area (Å²) in [5, 5.41) is 18.7. The predicted molar refractivity (Wildman–Crippen MR) is 72.2 cm³/mol. The Hall–Kier alpha value is -1.50. The van der Waals surface area contributed by atoms with Gasteiger partial charge in [-0.2, -0.15) is 0 Å². The average molecular weight is 268 g/mol. The predicted octanol–water partition coefficient (Wildman–Crippen LogP) is 1.21. The fourth-order valence-corrected chi connectivity index (χ4v) is 1.63. The topological polar surface area (TPSA) is 75.8 Å². The number of morpholine rings is 1. The molecule has 1 aliphatic rings. The van der Waals surface area contributed by atoms with E-state index >= 15 is 0 Å². The van der Waals surface area contributed by atoms with Crippen LogP contribution in [0, 0.1) is 17.0 Å². The Labute approximate surface area is 112 Å². The molecule has 0 bridgehead atoms. The van der Waals surface area contributed by atoms with Crippen molar-refractivity contribution < 1.29 is 14.8 Å². The van der Waals surface area contributed by atoms with Crippen LogP contribution < -0.4 is 0 Å². The summed E-state index contributed by atoms with van der Waals surface area (Å²) in [7, 11) is 0. The minimum Gasteiger partial charge on any atom is -0.395 e. The van der Waals surface area contributed by atoms with Gasteiger partial charge in [-0.3, -0.25) is 15.0 Å². The zero-order valence-electron chi connectivity index (χ0n) is 11.1. The molecule has 0 aliphatic carbocycles. The number of hydrogen-bond acceptors (Lipinski definition) is 5. The Morgan fingerprint density at radius 2 is 1.89 bits per heavy atom. The quantitative estimate of drug-likeness (QED) is 0.659. The molecule has 1 aromatic rings. The van der Waals surface area contributed by atoms with Gasteiger partial charge in [-0.05, 0) is 6.92 Å². The van der Waals surface area contributed by atoms with E-state index in [-0.39, 0.29) is 12.3 Å². The van der Waals surface area contributed by atoms with E-state index < -0.39 is 4.92 Å². The number of non-ortho nitro benzene ring substituents is 1. The van der Waals surface area contributed by atoms with E-state index in [1.54, 1.807) is 12.1 Å². The number of aliphatic hydroxyl groups is 1. The van der Waals surface area contributed by atoms with E-state index in [1.807, 2.05) is 6.92 Å². The molecule has 1 aromatic carbocycles. The maximum absolute atomic E-state index is 10.1. The van der Waals surface area contributed by atoms with Crippen LogP contribution in [0.3, 0.4) is 0 Å². The van der Waals surface area contributed by atoms with Gasteiger partial charge in [-0.1, -0.05) is 17.7 Å². The molecule has 1 aliphatic heterocycles. The Morgan fingerprint density at radius 1 is 1.32 bits per heavy atom. The van der Waals surface area contributed by atoms with Gasteiger partial charge in [-0.25, -0.2) is 0 Å². The molecule has 0 unspecified atom stereocenters. The maximum Gasteiger partial charge on any atom is 0.269 e. The fraction of sp³-hybridized carbons (Fsp3) is 0.538. The summed E-state index contributed by atoms with van der Waals surface area (Å²) in [6, 6.07) is 6.43. The van der Waals surface area contributed by atoms with E-state index in [0.717, 1.165) is 38.4 Å². The first-order chi connectivity index (χ1) is 9.13. The van der Waals surface area contributed by atoms with Crippen LogP contribution in [0.1, 0.15) is 5.56 Å². The highest BCUT2D eigenvalue weighted by atomic mass is 16.6. The summed E-state index contributed by atoms with van der Waals surface area (Å²) in [4.78, 5) is 11.9. The van der Waals surface area contributed by atoms with E-state index in [9.17, 15) is 10.1 Å². The minimum atomic E-state index is -0.403. The van der Waals surface area contributed by atoms with Crippen LogP contribution in [-0.2, 0) is 4.74 Å². The second-order valence-corrected chi connectivity index (χ2v) is 4.27. The molecule has 0 spiro atoms. The lowest BCUT2D eigenvalue weighted by Gasteiger charge is -2.25. The summed E-state index contributed by atoms with van der Waals surface area (Å²) < 4.78 is 5.12. The highest BCUT2D eigenvalue weighted by Crippen LogP contribution is 2.10. The molecular weight excluding hydrogens is 248 g/mol. The molecule has 106 valence electrons. The molecule has 19 heavy (non-hydrogen) atoms. The van der Waals surface area contributed by atoms with Crippen molar-refractivity contribution in [1.82, 2.24) is 4.90 Å². The van der Waals surface area contributed by atoms with E-state index in [1.165, 1.54) is 12.1 Å². The van der Waals surface area contributed by atoms with Crippen molar-refractivity contribution in [3.05, 3.63) is 39.9 Å². The van der Waals surface area contributed by atoms with Crippen LogP contribution in [-0.4, -0.2) is 54.4 Å². The Balaban J connectivity index is 0.000000191. The fourth-order valence-electron chi connectivity index (χ4n) is 1.63. The number of nitro groups is 1. The van der Waals surface area contributed by atoms with Crippen LogP contribution in [0.2, 0.25) is 0 Å². The number of rotatable bonds is 3. The van der Waals surface area contributed by atoms with Gasteiger partial charge in [0.25, 0.3) is 5.69 Å². The molecular formula is C13H20N2O4. The highest BCUT2D eigenvalue weighted by Gasteiger charge is 2.07. The molecule has 2 rings (SSSR count). The van der Waals surface area contributed by atoms with Gasteiger partial charge in [0, 0.05) is 31.8 Å². The zero-order valence-corrected chi connectivity index (χ0v) is 11.1. The summed E-state index contributed by atoms with van der Waals surface area (Å²) in [5.74, 6) is 0. The summed E-state index contributed by atoms with van der Waals surface area (Å²) in [6.45, 7) is 6.54. The molecule has 6 heteroatoms. The molecule has 0 radical (unpaired) electrons. The number of aliphatic hydroxyl groups excluding tert-OH is 1. The Morgan fingerprint density at radius 3 is 2.37 bits per heavy atom. The number of benzene rings is 1.